The van der Waals surface area contributed by atoms with Crippen LogP contribution >= 0.6 is 11.8 Å². The number of pyridine rings is 1. The molecule has 1 heterocycles. The second-order valence-electron chi connectivity index (χ2n) is 5.29. The Labute approximate surface area is 135 Å². The number of ether oxygens (including phenoxy) is 1. The molecule has 4 nitrogen and oxygen atoms in total. The van der Waals surface area contributed by atoms with E-state index in [-0.39, 0.29) is 6.61 Å². The first-order valence-corrected chi connectivity index (χ1v) is 8.16. The number of aliphatic hydroxyl groups excluding tert-OH is 1. The lowest BCUT2D eigenvalue weighted by atomic mass is 10.1. The fourth-order valence-electron chi connectivity index (χ4n) is 2.08. The molecule has 0 fully saturated rings. The van der Waals surface area contributed by atoms with Crippen molar-refractivity contribution in [3.63, 3.8) is 0 Å². The number of nitrogens with zero attached hydrogens (tertiary/aromatic N) is 1. The van der Waals surface area contributed by atoms with Crippen molar-refractivity contribution in [3.05, 3.63) is 58.4 Å². The van der Waals surface area contributed by atoms with E-state index in [0.717, 1.165) is 21.6 Å². The van der Waals surface area contributed by atoms with Crippen LogP contribution in [0.5, 0.6) is 5.75 Å². The van der Waals surface area contributed by atoms with Gasteiger partial charge in [0.05, 0.1) is 6.10 Å². The number of aryl methyl sites for hydroxylation is 2. The Morgan fingerprint density at radius 3 is 2.64 bits per heavy atom. The molecule has 1 N–H and O–H groups in total. The smallest absolute Gasteiger partial charge is 0.251 e. The maximum Gasteiger partial charge on any atom is 0.251 e. The first-order valence-electron chi connectivity index (χ1n) is 7.17. The molecule has 0 radical (unpaired) electrons. The maximum atomic E-state index is 11.5. The predicted octanol–water partition coefficient (Wildman–Crippen LogP) is 2.78. The van der Waals surface area contributed by atoms with Crippen LogP contribution in [0, 0.1) is 26.0 Å². The number of hydrogen-bond acceptors (Lipinski definition) is 4. The second kappa shape index (κ2) is 7.51. The summed E-state index contributed by atoms with van der Waals surface area (Å²) >= 11 is 1.32. The van der Waals surface area contributed by atoms with E-state index in [2.05, 4.69) is 6.07 Å². The van der Waals surface area contributed by atoms with Crippen molar-refractivity contribution in [3.8, 4) is 5.75 Å². The van der Waals surface area contributed by atoms with Crippen LogP contribution in [0.3, 0.4) is 0 Å². The van der Waals surface area contributed by atoms with E-state index in [0.29, 0.717) is 10.8 Å². The highest BCUT2D eigenvalue weighted by atomic mass is 32.2. The zero-order valence-electron chi connectivity index (χ0n) is 13.1. The average molecular weight is 319 g/mol. The molecular weight excluding hydrogens is 298 g/mol. The largest absolute Gasteiger partial charge is 0.618 e. The summed E-state index contributed by atoms with van der Waals surface area (Å²) in [5.74, 6) is 1.25. The van der Waals surface area contributed by atoms with Gasteiger partial charge in [-0.1, -0.05) is 23.9 Å². The van der Waals surface area contributed by atoms with Crippen molar-refractivity contribution in [2.75, 3.05) is 12.4 Å². The molecule has 0 aliphatic carbocycles. The summed E-state index contributed by atoms with van der Waals surface area (Å²) in [7, 11) is 0. The number of benzene rings is 1. The Hall–Kier alpha value is -1.72. The van der Waals surface area contributed by atoms with Crippen LogP contribution in [0.4, 0.5) is 0 Å². The van der Waals surface area contributed by atoms with Crippen molar-refractivity contribution in [2.24, 2.45) is 0 Å². The van der Waals surface area contributed by atoms with E-state index in [1.807, 2.05) is 26.8 Å². The highest BCUT2D eigenvalue weighted by Gasteiger charge is 2.13. The summed E-state index contributed by atoms with van der Waals surface area (Å²) in [5, 5.41) is 22.2. The Balaban J connectivity index is 1.90. The van der Waals surface area contributed by atoms with Gasteiger partial charge < -0.3 is 15.1 Å². The minimum absolute atomic E-state index is 0.212. The molecule has 0 saturated carbocycles. The molecule has 0 amide bonds. The van der Waals surface area contributed by atoms with E-state index >= 15 is 0 Å². The summed E-state index contributed by atoms with van der Waals surface area (Å²) in [4.78, 5) is 0. The number of hydrogen-bond donors (Lipinski definition) is 1. The molecule has 2 rings (SSSR count). The van der Waals surface area contributed by atoms with Crippen LogP contribution < -0.4 is 9.47 Å². The Bertz CT molecular complexity index is 646. The number of aromatic nitrogens is 1. The zero-order valence-corrected chi connectivity index (χ0v) is 13.9. The summed E-state index contributed by atoms with van der Waals surface area (Å²) in [6.07, 6.45) is 0.814. The summed E-state index contributed by atoms with van der Waals surface area (Å²) in [6, 6.07) is 9.30. The molecule has 0 spiro atoms. The minimum atomic E-state index is -0.635. The Morgan fingerprint density at radius 2 is 1.91 bits per heavy atom. The van der Waals surface area contributed by atoms with Gasteiger partial charge in [0.15, 0.2) is 6.20 Å². The molecule has 0 saturated heterocycles. The normalized spacial score (nSPS) is 12.2. The van der Waals surface area contributed by atoms with Crippen LogP contribution in [-0.4, -0.2) is 23.6 Å². The molecule has 5 heteroatoms. The summed E-state index contributed by atoms with van der Waals surface area (Å²) in [6.45, 7) is 6.26. The second-order valence-corrected chi connectivity index (χ2v) is 6.33. The van der Waals surface area contributed by atoms with E-state index in [1.165, 1.54) is 23.5 Å². The maximum absolute atomic E-state index is 11.5. The summed E-state index contributed by atoms with van der Waals surface area (Å²) in [5.41, 5.74) is 3.32. The van der Waals surface area contributed by atoms with Gasteiger partial charge in [-0.15, -0.1) is 0 Å². The van der Waals surface area contributed by atoms with E-state index in [9.17, 15) is 10.3 Å². The van der Waals surface area contributed by atoms with Gasteiger partial charge in [0.1, 0.15) is 12.4 Å². The van der Waals surface area contributed by atoms with Gasteiger partial charge in [-0.25, -0.2) is 0 Å². The lowest BCUT2D eigenvalue weighted by Crippen LogP contribution is -2.29. The van der Waals surface area contributed by atoms with Gasteiger partial charge in [-0.3, -0.25) is 0 Å². The first-order chi connectivity index (χ1) is 10.5. The van der Waals surface area contributed by atoms with Gasteiger partial charge in [-0.2, -0.15) is 4.73 Å². The van der Waals surface area contributed by atoms with Crippen LogP contribution in [0.1, 0.15) is 16.7 Å². The molecular formula is C17H21NO3S. The van der Waals surface area contributed by atoms with Gasteiger partial charge >= 0.3 is 0 Å². The molecule has 2 aromatic rings. The quantitative estimate of drug-likeness (QED) is 0.505. The third-order valence-corrected chi connectivity index (χ3v) is 4.67. The molecule has 22 heavy (non-hydrogen) atoms. The third-order valence-electron chi connectivity index (χ3n) is 3.51. The monoisotopic (exact) mass is 319 g/mol. The fourth-order valence-corrected chi connectivity index (χ4v) is 2.90. The van der Waals surface area contributed by atoms with Gasteiger partial charge in [0, 0.05) is 17.9 Å². The van der Waals surface area contributed by atoms with Gasteiger partial charge in [0.2, 0.25) is 0 Å². The highest BCUT2D eigenvalue weighted by molar-refractivity contribution is 7.99. The van der Waals surface area contributed by atoms with Crippen LogP contribution in [-0.2, 0) is 0 Å². The molecule has 1 atom stereocenters. The topological polar surface area (TPSA) is 56.4 Å². The molecule has 1 aromatic heterocycles. The Kier molecular flexibility index (Phi) is 5.69. The molecule has 1 aromatic carbocycles. The summed E-state index contributed by atoms with van der Waals surface area (Å²) < 4.78 is 6.58. The highest BCUT2D eigenvalue weighted by Crippen LogP contribution is 2.26. The lowest BCUT2D eigenvalue weighted by Gasteiger charge is -2.16. The Morgan fingerprint density at radius 1 is 1.18 bits per heavy atom. The average Bonchev–Trinajstić information content (AvgIpc) is 2.50. The van der Waals surface area contributed by atoms with Gasteiger partial charge in [0.25, 0.3) is 5.03 Å². The number of thioether (sulfide) groups is 1. The third kappa shape index (κ3) is 4.15. The van der Waals surface area contributed by atoms with Crippen LogP contribution in [0.2, 0.25) is 0 Å². The van der Waals surface area contributed by atoms with Crippen molar-refractivity contribution in [2.45, 2.75) is 31.9 Å². The van der Waals surface area contributed by atoms with Crippen molar-refractivity contribution in [1.29, 1.82) is 0 Å². The molecule has 0 aliphatic heterocycles. The molecule has 0 bridgehead atoms. The minimum Gasteiger partial charge on any atom is -0.618 e. The van der Waals surface area contributed by atoms with Crippen molar-refractivity contribution in [1.82, 2.24) is 0 Å². The molecule has 0 aliphatic rings. The number of aliphatic hydroxyl groups is 1. The SMILES string of the molecule is Cc1ccc(C)c(OC[C@H](O)CSc2cccc[n+]2[O-])c1C. The van der Waals surface area contributed by atoms with Gasteiger partial charge in [-0.05, 0) is 43.5 Å². The van der Waals surface area contributed by atoms with E-state index in [4.69, 9.17) is 4.74 Å². The predicted molar refractivity (Wildman–Crippen MR) is 88.3 cm³/mol. The van der Waals surface area contributed by atoms with Crippen molar-refractivity contribution >= 4 is 11.8 Å². The van der Waals surface area contributed by atoms with Crippen LogP contribution in [0.15, 0.2) is 41.6 Å². The lowest BCUT2D eigenvalue weighted by molar-refractivity contribution is -0.645. The zero-order chi connectivity index (χ0) is 16.1. The van der Waals surface area contributed by atoms with E-state index < -0.39 is 6.10 Å². The molecule has 0 unspecified atom stereocenters. The van der Waals surface area contributed by atoms with E-state index in [1.54, 1.807) is 18.2 Å². The first kappa shape index (κ1) is 16.6. The molecule has 118 valence electrons. The van der Waals surface area contributed by atoms with Crippen LogP contribution in [0.25, 0.3) is 0 Å². The fraction of sp³-hybridized carbons (Fsp3) is 0.353. The standard InChI is InChI=1S/C17H21NO3S/c1-12-7-8-13(2)17(14(12)3)21-10-15(19)11-22-16-6-4-5-9-18(16)20/h4-9,15,19H,10-11H2,1-3H3/t15-/m0/s1. The number of rotatable bonds is 6. The van der Waals surface area contributed by atoms with Crippen molar-refractivity contribution < 1.29 is 14.6 Å².